The number of carbonyl (C=O) groups excluding carboxylic acids is 1. The molecular weight excluding hydrogens is 277 g/mol. The summed E-state index contributed by atoms with van der Waals surface area (Å²) in [6.07, 6.45) is 0. The van der Waals surface area contributed by atoms with Crippen LogP contribution in [0, 0.1) is 5.82 Å². The fourth-order valence-electron chi connectivity index (χ4n) is 1.78. The number of nitrogens with one attached hydrogen (secondary N) is 1. The molecule has 110 valence electrons. The molecule has 0 atom stereocenters. The number of aromatic hydroxyl groups is 1. The summed E-state index contributed by atoms with van der Waals surface area (Å²) in [5.41, 5.74) is 0.210. The van der Waals surface area contributed by atoms with Crippen molar-refractivity contribution >= 4 is 11.6 Å². The van der Waals surface area contributed by atoms with Gasteiger partial charge in [0.2, 0.25) is 0 Å². The van der Waals surface area contributed by atoms with Crippen LogP contribution >= 0.6 is 0 Å². The van der Waals surface area contributed by atoms with Gasteiger partial charge >= 0.3 is 0 Å². The summed E-state index contributed by atoms with van der Waals surface area (Å²) in [6.45, 7) is 0. The molecule has 2 aromatic carbocycles. The number of hydrogen-bond donors (Lipinski definition) is 2. The van der Waals surface area contributed by atoms with E-state index >= 15 is 0 Å². The van der Waals surface area contributed by atoms with Gasteiger partial charge in [-0.1, -0.05) is 0 Å². The highest BCUT2D eigenvalue weighted by Gasteiger charge is 2.15. The Labute approximate surface area is 120 Å². The van der Waals surface area contributed by atoms with Crippen molar-refractivity contribution in [3.63, 3.8) is 0 Å². The Bertz CT molecular complexity index is 673. The second kappa shape index (κ2) is 6.13. The molecule has 0 aromatic heterocycles. The third kappa shape index (κ3) is 3.22. The highest BCUT2D eigenvalue weighted by Crippen LogP contribution is 2.26. The number of rotatable bonds is 4. The van der Waals surface area contributed by atoms with Crippen LogP contribution in [0.2, 0.25) is 0 Å². The van der Waals surface area contributed by atoms with Crippen LogP contribution in [0.1, 0.15) is 10.4 Å². The first-order valence-corrected chi connectivity index (χ1v) is 6.07. The Hall–Kier alpha value is -2.76. The van der Waals surface area contributed by atoms with Crippen LogP contribution in [-0.4, -0.2) is 25.2 Å². The van der Waals surface area contributed by atoms with E-state index in [-0.39, 0.29) is 17.0 Å². The van der Waals surface area contributed by atoms with Crippen LogP contribution in [0.15, 0.2) is 36.4 Å². The smallest absolute Gasteiger partial charge is 0.259 e. The summed E-state index contributed by atoms with van der Waals surface area (Å²) in [5, 5.41) is 11.6. The van der Waals surface area contributed by atoms with Crippen molar-refractivity contribution in [1.82, 2.24) is 0 Å². The van der Waals surface area contributed by atoms with Gasteiger partial charge in [0.25, 0.3) is 5.91 Å². The maximum Gasteiger partial charge on any atom is 0.259 e. The topological polar surface area (TPSA) is 67.8 Å². The summed E-state index contributed by atoms with van der Waals surface area (Å²) in [4.78, 5) is 12.2. The monoisotopic (exact) mass is 291 g/mol. The first-order valence-electron chi connectivity index (χ1n) is 6.07. The highest BCUT2D eigenvalue weighted by molar-refractivity contribution is 6.06. The molecule has 6 heteroatoms. The van der Waals surface area contributed by atoms with Crippen molar-refractivity contribution in [2.75, 3.05) is 19.5 Å². The fourth-order valence-corrected chi connectivity index (χ4v) is 1.78. The first-order chi connectivity index (χ1) is 10.0. The molecule has 0 saturated heterocycles. The quantitative estimate of drug-likeness (QED) is 0.850. The van der Waals surface area contributed by atoms with Gasteiger partial charge in [-0.2, -0.15) is 0 Å². The zero-order valence-electron chi connectivity index (χ0n) is 11.5. The number of phenols is 1. The molecule has 21 heavy (non-hydrogen) atoms. The van der Waals surface area contributed by atoms with E-state index in [0.29, 0.717) is 11.5 Å². The van der Waals surface area contributed by atoms with Crippen molar-refractivity contribution in [2.24, 2.45) is 0 Å². The molecule has 0 bridgehead atoms. The maximum atomic E-state index is 13.6. The normalized spacial score (nSPS) is 10.0. The van der Waals surface area contributed by atoms with Crippen molar-refractivity contribution < 1.29 is 23.8 Å². The van der Waals surface area contributed by atoms with Crippen molar-refractivity contribution in [3.8, 4) is 17.2 Å². The average Bonchev–Trinajstić information content (AvgIpc) is 2.49. The Morgan fingerprint density at radius 3 is 2.52 bits per heavy atom. The Balaban J connectivity index is 2.28. The van der Waals surface area contributed by atoms with Crippen LogP contribution in [0.25, 0.3) is 0 Å². The number of carbonyl (C=O) groups is 1. The molecule has 2 N–H and O–H groups in total. The molecule has 0 aliphatic rings. The summed E-state index contributed by atoms with van der Waals surface area (Å²) < 4.78 is 23.8. The molecule has 0 heterocycles. The standard InChI is InChI=1S/C15H14FNO4/c1-20-10-4-5-11(14(8-10)21-2)15(19)17-13-6-3-9(18)7-12(13)16/h3-8,18H,1-2H3,(H,17,19). The summed E-state index contributed by atoms with van der Waals surface area (Å²) in [7, 11) is 2.92. The van der Waals surface area contributed by atoms with E-state index < -0.39 is 11.7 Å². The minimum Gasteiger partial charge on any atom is -0.508 e. The minimum absolute atomic E-state index is 0.0318. The molecule has 0 aliphatic carbocycles. The van der Waals surface area contributed by atoms with Crippen LogP contribution < -0.4 is 14.8 Å². The number of halogens is 1. The molecular formula is C15H14FNO4. The molecule has 5 nitrogen and oxygen atoms in total. The summed E-state index contributed by atoms with van der Waals surface area (Å²) >= 11 is 0. The van der Waals surface area contributed by atoms with E-state index in [9.17, 15) is 9.18 Å². The van der Waals surface area contributed by atoms with E-state index in [4.69, 9.17) is 14.6 Å². The van der Waals surface area contributed by atoms with E-state index in [2.05, 4.69) is 5.32 Å². The van der Waals surface area contributed by atoms with E-state index in [1.165, 1.54) is 32.4 Å². The second-order valence-electron chi connectivity index (χ2n) is 4.18. The van der Waals surface area contributed by atoms with Crippen molar-refractivity contribution in [1.29, 1.82) is 0 Å². The lowest BCUT2D eigenvalue weighted by Gasteiger charge is -2.11. The van der Waals surface area contributed by atoms with Gasteiger partial charge in [-0.05, 0) is 24.3 Å². The number of amides is 1. The van der Waals surface area contributed by atoms with Gasteiger partial charge < -0.3 is 19.9 Å². The molecule has 0 aliphatic heterocycles. The first kappa shape index (κ1) is 14.6. The molecule has 0 unspecified atom stereocenters. The molecule has 1 amide bonds. The van der Waals surface area contributed by atoms with Gasteiger partial charge in [-0.15, -0.1) is 0 Å². The van der Waals surface area contributed by atoms with Crippen molar-refractivity contribution in [2.45, 2.75) is 0 Å². The Morgan fingerprint density at radius 1 is 1.14 bits per heavy atom. The van der Waals surface area contributed by atoms with Crippen LogP contribution in [0.3, 0.4) is 0 Å². The molecule has 0 radical (unpaired) electrons. The zero-order chi connectivity index (χ0) is 15.4. The Kier molecular flexibility index (Phi) is 4.27. The van der Waals surface area contributed by atoms with Crippen LogP contribution in [0.4, 0.5) is 10.1 Å². The zero-order valence-corrected chi connectivity index (χ0v) is 11.5. The van der Waals surface area contributed by atoms with Gasteiger partial charge in [-0.3, -0.25) is 4.79 Å². The van der Waals surface area contributed by atoms with Gasteiger partial charge in [0.15, 0.2) is 0 Å². The summed E-state index contributed by atoms with van der Waals surface area (Å²) in [6, 6.07) is 8.15. The van der Waals surface area contributed by atoms with E-state index in [1.807, 2.05) is 0 Å². The molecule has 0 fully saturated rings. The number of hydrogen-bond acceptors (Lipinski definition) is 4. The minimum atomic E-state index is -0.726. The third-order valence-electron chi connectivity index (χ3n) is 2.85. The number of ether oxygens (including phenoxy) is 2. The molecule has 2 rings (SSSR count). The lowest BCUT2D eigenvalue weighted by atomic mass is 10.1. The lowest BCUT2D eigenvalue weighted by Crippen LogP contribution is -2.14. The highest BCUT2D eigenvalue weighted by atomic mass is 19.1. The van der Waals surface area contributed by atoms with Crippen LogP contribution in [-0.2, 0) is 0 Å². The second-order valence-corrected chi connectivity index (χ2v) is 4.18. The van der Waals surface area contributed by atoms with E-state index in [1.54, 1.807) is 12.1 Å². The molecule has 0 saturated carbocycles. The number of methoxy groups -OCH3 is 2. The number of anilines is 1. The third-order valence-corrected chi connectivity index (χ3v) is 2.85. The average molecular weight is 291 g/mol. The number of benzene rings is 2. The SMILES string of the molecule is COc1ccc(C(=O)Nc2ccc(O)cc2F)c(OC)c1. The van der Waals surface area contributed by atoms with Crippen LogP contribution in [0.5, 0.6) is 17.2 Å². The lowest BCUT2D eigenvalue weighted by molar-refractivity contribution is 0.102. The van der Waals surface area contributed by atoms with Gasteiger partial charge in [0.05, 0.1) is 25.5 Å². The van der Waals surface area contributed by atoms with E-state index in [0.717, 1.165) is 6.07 Å². The maximum absolute atomic E-state index is 13.6. The summed E-state index contributed by atoms with van der Waals surface area (Å²) in [5.74, 6) is -0.618. The van der Waals surface area contributed by atoms with Gasteiger partial charge in [0.1, 0.15) is 23.1 Å². The van der Waals surface area contributed by atoms with Crippen molar-refractivity contribution in [3.05, 3.63) is 47.8 Å². The molecule has 2 aromatic rings. The molecule has 0 spiro atoms. The van der Waals surface area contributed by atoms with Gasteiger partial charge in [0, 0.05) is 12.1 Å². The predicted octanol–water partition coefficient (Wildman–Crippen LogP) is 2.80. The largest absolute Gasteiger partial charge is 0.508 e. The predicted molar refractivity (Wildman–Crippen MR) is 75.6 cm³/mol. The number of phenolic OH excluding ortho intramolecular Hbond substituents is 1. The van der Waals surface area contributed by atoms with Gasteiger partial charge in [-0.25, -0.2) is 4.39 Å². The fraction of sp³-hybridized carbons (Fsp3) is 0.133. The Morgan fingerprint density at radius 2 is 1.90 bits per heavy atom.